The highest BCUT2D eigenvalue weighted by Gasteiger charge is 2.28. The number of nitrogens with zero attached hydrogens (tertiary/aromatic N) is 3. The second-order valence-corrected chi connectivity index (χ2v) is 6.82. The van der Waals surface area contributed by atoms with Crippen LogP contribution in [0.5, 0.6) is 5.75 Å². The van der Waals surface area contributed by atoms with Crippen molar-refractivity contribution in [2.75, 3.05) is 13.1 Å². The van der Waals surface area contributed by atoms with Crippen molar-refractivity contribution in [3.8, 4) is 5.75 Å². The molecule has 126 valence electrons. The van der Waals surface area contributed by atoms with Crippen LogP contribution in [0.15, 0.2) is 39.9 Å². The van der Waals surface area contributed by atoms with Crippen LogP contribution in [0.1, 0.15) is 22.5 Å². The van der Waals surface area contributed by atoms with E-state index in [1.165, 1.54) is 6.07 Å². The zero-order valence-electron chi connectivity index (χ0n) is 13.5. The van der Waals surface area contributed by atoms with E-state index in [2.05, 4.69) is 20.9 Å². The second-order valence-electron chi connectivity index (χ2n) is 5.90. The highest BCUT2D eigenvalue weighted by atomic mass is 79.9. The summed E-state index contributed by atoms with van der Waals surface area (Å²) in [6, 6.07) is 5.08. The van der Waals surface area contributed by atoms with Gasteiger partial charge in [-0.3, -0.25) is 14.6 Å². The van der Waals surface area contributed by atoms with Crippen LogP contribution >= 0.6 is 15.9 Å². The fraction of sp³-hybridized carbons (Fsp3) is 0.353. The number of ether oxygens (including phenoxy) is 1. The van der Waals surface area contributed by atoms with Gasteiger partial charge < -0.3 is 14.2 Å². The fourth-order valence-electron chi connectivity index (χ4n) is 2.72. The third-order valence-electron chi connectivity index (χ3n) is 4.16. The van der Waals surface area contributed by atoms with Gasteiger partial charge in [0.1, 0.15) is 11.9 Å². The van der Waals surface area contributed by atoms with E-state index in [9.17, 15) is 9.59 Å². The normalized spacial score (nSPS) is 17.1. The first-order valence-corrected chi connectivity index (χ1v) is 8.47. The molecule has 2 aromatic rings. The summed E-state index contributed by atoms with van der Waals surface area (Å²) in [7, 11) is 1.73. The average Bonchev–Trinajstić information content (AvgIpc) is 3.00. The number of carbonyl (C=O) groups is 1. The molecule has 1 aliphatic rings. The van der Waals surface area contributed by atoms with Crippen molar-refractivity contribution in [2.24, 2.45) is 7.05 Å². The molecule has 1 amide bonds. The smallest absolute Gasteiger partial charge is 0.255 e. The Kier molecular flexibility index (Phi) is 4.71. The molecule has 1 atom stereocenters. The molecule has 0 aromatic carbocycles. The standard InChI is InChI=1S/C17H18BrN3O3/c1-11-5-15(7-16(22)20(11)2)24-14-3-4-21(10-14)17(23)12-6-13(18)9-19-8-12/h5-9,14H,3-4,10H2,1-2H3. The third kappa shape index (κ3) is 3.51. The van der Waals surface area contributed by atoms with Crippen LogP contribution in [0.2, 0.25) is 0 Å². The Morgan fingerprint density at radius 1 is 1.33 bits per heavy atom. The van der Waals surface area contributed by atoms with Gasteiger partial charge in [0, 0.05) is 48.6 Å². The molecule has 0 aliphatic carbocycles. The van der Waals surface area contributed by atoms with Gasteiger partial charge in [-0.15, -0.1) is 0 Å². The van der Waals surface area contributed by atoms with E-state index in [0.29, 0.717) is 24.4 Å². The number of halogens is 1. The molecule has 0 saturated carbocycles. The molecular weight excluding hydrogens is 374 g/mol. The number of pyridine rings is 2. The molecule has 0 N–H and O–H groups in total. The van der Waals surface area contributed by atoms with E-state index in [4.69, 9.17) is 4.74 Å². The molecule has 1 saturated heterocycles. The van der Waals surface area contributed by atoms with Crippen molar-refractivity contribution >= 4 is 21.8 Å². The molecule has 24 heavy (non-hydrogen) atoms. The molecule has 0 bridgehead atoms. The van der Waals surface area contributed by atoms with Gasteiger partial charge in [-0.2, -0.15) is 0 Å². The molecule has 7 heteroatoms. The maximum atomic E-state index is 12.5. The van der Waals surface area contributed by atoms with E-state index >= 15 is 0 Å². The predicted octanol–water partition coefficient (Wildman–Crippen LogP) is 2.14. The molecule has 2 aromatic heterocycles. The highest BCUT2D eigenvalue weighted by molar-refractivity contribution is 9.10. The van der Waals surface area contributed by atoms with Gasteiger partial charge in [0.05, 0.1) is 12.1 Å². The maximum Gasteiger partial charge on any atom is 0.255 e. The summed E-state index contributed by atoms with van der Waals surface area (Å²) in [4.78, 5) is 30.1. The van der Waals surface area contributed by atoms with Crippen molar-refractivity contribution in [3.05, 3.63) is 56.7 Å². The molecule has 1 fully saturated rings. The van der Waals surface area contributed by atoms with Crippen LogP contribution < -0.4 is 10.3 Å². The van der Waals surface area contributed by atoms with Gasteiger partial charge in [0.2, 0.25) is 0 Å². The second kappa shape index (κ2) is 6.76. The first kappa shape index (κ1) is 16.7. The van der Waals surface area contributed by atoms with Crippen LogP contribution in [0, 0.1) is 6.92 Å². The van der Waals surface area contributed by atoms with Crippen molar-refractivity contribution in [1.82, 2.24) is 14.5 Å². The number of aromatic nitrogens is 2. The molecule has 1 unspecified atom stereocenters. The molecule has 6 nitrogen and oxygen atoms in total. The van der Waals surface area contributed by atoms with Gasteiger partial charge in [-0.05, 0) is 35.0 Å². The quantitative estimate of drug-likeness (QED) is 0.803. The summed E-state index contributed by atoms with van der Waals surface area (Å²) in [5, 5.41) is 0. The van der Waals surface area contributed by atoms with Gasteiger partial charge in [0.25, 0.3) is 11.5 Å². The molecule has 1 aliphatic heterocycles. The summed E-state index contributed by atoms with van der Waals surface area (Å²) < 4.78 is 8.24. The Labute approximate surface area is 148 Å². The van der Waals surface area contributed by atoms with Crippen LogP contribution in [-0.4, -0.2) is 39.6 Å². The van der Waals surface area contributed by atoms with Crippen molar-refractivity contribution in [3.63, 3.8) is 0 Å². The monoisotopic (exact) mass is 391 g/mol. The molecule has 0 spiro atoms. The SMILES string of the molecule is Cc1cc(OC2CCN(C(=O)c3cncc(Br)c3)C2)cc(=O)n1C. The lowest BCUT2D eigenvalue weighted by Crippen LogP contribution is -2.31. The average molecular weight is 392 g/mol. The lowest BCUT2D eigenvalue weighted by Gasteiger charge is -2.17. The number of hydrogen-bond acceptors (Lipinski definition) is 4. The fourth-order valence-corrected chi connectivity index (χ4v) is 3.08. The summed E-state index contributed by atoms with van der Waals surface area (Å²) in [5.74, 6) is 0.495. The van der Waals surface area contributed by atoms with Gasteiger partial charge >= 0.3 is 0 Å². The summed E-state index contributed by atoms with van der Waals surface area (Å²) in [6.45, 7) is 2.98. The van der Waals surface area contributed by atoms with E-state index in [1.54, 1.807) is 35.0 Å². The zero-order valence-corrected chi connectivity index (χ0v) is 15.1. The minimum absolute atomic E-state index is 0.0601. The summed E-state index contributed by atoms with van der Waals surface area (Å²) >= 11 is 3.32. The van der Waals surface area contributed by atoms with E-state index in [-0.39, 0.29) is 17.6 Å². The van der Waals surface area contributed by atoms with Crippen LogP contribution in [0.4, 0.5) is 0 Å². The van der Waals surface area contributed by atoms with Crippen molar-refractivity contribution in [1.29, 1.82) is 0 Å². The molecule has 3 rings (SSSR count). The maximum absolute atomic E-state index is 12.5. The van der Waals surface area contributed by atoms with Crippen LogP contribution in [0.25, 0.3) is 0 Å². The third-order valence-corrected chi connectivity index (χ3v) is 4.60. The van der Waals surface area contributed by atoms with Crippen molar-refractivity contribution in [2.45, 2.75) is 19.4 Å². The lowest BCUT2D eigenvalue weighted by atomic mass is 10.2. The van der Waals surface area contributed by atoms with E-state index < -0.39 is 0 Å². The van der Waals surface area contributed by atoms with Crippen LogP contribution in [0.3, 0.4) is 0 Å². The largest absolute Gasteiger partial charge is 0.488 e. The number of aryl methyl sites for hydroxylation is 1. The molecule has 0 radical (unpaired) electrons. The Bertz CT molecular complexity index is 834. The van der Waals surface area contributed by atoms with E-state index in [1.807, 2.05) is 13.0 Å². The molecule has 3 heterocycles. The minimum Gasteiger partial charge on any atom is -0.488 e. The Balaban J connectivity index is 1.67. The van der Waals surface area contributed by atoms with Gasteiger partial charge in [-0.25, -0.2) is 0 Å². The Morgan fingerprint density at radius 2 is 2.12 bits per heavy atom. The number of rotatable bonds is 3. The highest BCUT2D eigenvalue weighted by Crippen LogP contribution is 2.20. The zero-order chi connectivity index (χ0) is 17.3. The predicted molar refractivity (Wildman–Crippen MR) is 93.3 cm³/mol. The van der Waals surface area contributed by atoms with E-state index in [0.717, 1.165) is 16.6 Å². The number of amides is 1. The number of likely N-dealkylation sites (tertiary alicyclic amines) is 1. The Morgan fingerprint density at radius 3 is 2.83 bits per heavy atom. The topological polar surface area (TPSA) is 64.4 Å². The Hall–Kier alpha value is -2.15. The molecular formula is C17H18BrN3O3. The van der Waals surface area contributed by atoms with Gasteiger partial charge in [-0.1, -0.05) is 0 Å². The minimum atomic E-state index is -0.111. The number of carbonyl (C=O) groups excluding carboxylic acids is 1. The number of hydrogen-bond donors (Lipinski definition) is 0. The van der Waals surface area contributed by atoms with Crippen molar-refractivity contribution < 1.29 is 9.53 Å². The van der Waals surface area contributed by atoms with Crippen LogP contribution in [-0.2, 0) is 7.05 Å². The summed E-state index contributed by atoms with van der Waals surface area (Å²) in [5.41, 5.74) is 1.29. The summed E-state index contributed by atoms with van der Waals surface area (Å²) in [6.07, 6.45) is 3.83. The lowest BCUT2D eigenvalue weighted by molar-refractivity contribution is 0.0772. The van der Waals surface area contributed by atoms with Gasteiger partial charge in [0.15, 0.2) is 0 Å². The first-order valence-electron chi connectivity index (χ1n) is 7.68. The first-order chi connectivity index (χ1) is 11.4.